The standard InChI is InChI=1S/C28H45N10O17P3S/c1-28(2,22(41)25(42)32-5-4-18(39)31-6-7-59-27(43)16(29)8-15-9-37(3)13-35-15)11-52-58(49,50)55-57(47,48)51-10-17-21(54-56(44,45)46)20(40)26(53-17)38-14-36-19-23(30)33-12-34-24(19)38/h9,12-14,16-17,20-22,26,40-41H,4-8,10-11,29H2,1-3H3,(H,31,39)(H,32,42)(H,47,48)(H,49,50)(H2,30,33,34)(H2,44,45,46). The Morgan fingerprint density at radius 1 is 1.03 bits per heavy atom. The van der Waals surface area contributed by atoms with E-state index in [0.29, 0.717) is 5.69 Å². The molecule has 0 aromatic carbocycles. The second kappa shape index (κ2) is 20.1. The number of carbonyl (C=O) groups is 3. The maximum Gasteiger partial charge on any atom is 0.481 e. The first-order chi connectivity index (χ1) is 27.4. The molecule has 8 atom stereocenters. The van der Waals surface area contributed by atoms with Gasteiger partial charge in [-0.2, -0.15) is 4.31 Å². The van der Waals surface area contributed by atoms with E-state index in [1.165, 1.54) is 13.8 Å². The largest absolute Gasteiger partial charge is 0.481 e. The van der Waals surface area contributed by atoms with Gasteiger partial charge in [-0.05, 0) is 0 Å². The molecule has 3 aromatic rings. The van der Waals surface area contributed by atoms with Crippen molar-refractivity contribution in [3.63, 3.8) is 0 Å². The highest BCUT2D eigenvalue weighted by molar-refractivity contribution is 8.13. The number of phosphoric ester groups is 3. The zero-order valence-electron chi connectivity index (χ0n) is 31.5. The quantitative estimate of drug-likeness (QED) is 0.0384. The van der Waals surface area contributed by atoms with E-state index in [1.807, 2.05) is 0 Å². The number of fused-ring (bicyclic) bond motifs is 1. The molecule has 12 N–H and O–H groups in total. The fraction of sp³-hybridized carbons (Fsp3) is 0.607. The lowest BCUT2D eigenvalue weighted by Crippen LogP contribution is -2.46. The lowest BCUT2D eigenvalue weighted by atomic mass is 9.87. The molecule has 0 aliphatic carbocycles. The van der Waals surface area contributed by atoms with Crippen LogP contribution in [0.1, 0.15) is 32.2 Å². The van der Waals surface area contributed by atoms with Crippen LogP contribution in [0.5, 0.6) is 0 Å². The van der Waals surface area contributed by atoms with Gasteiger partial charge in [0.1, 0.15) is 36.3 Å². The fourth-order valence-electron chi connectivity index (χ4n) is 5.27. The van der Waals surface area contributed by atoms with Gasteiger partial charge in [-0.25, -0.2) is 33.6 Å². The average molecular weight is 919 g/mol. The predicted octanol–water partition coefficient (Wildman–Crippen LogP) is -2.03. The van der Waals surface area contributed by atoms with E-state index in [0.717, 1.165) is 29.0 Å². The van der Waals surface area contributed by atoms with Crippen molar-refractivity contribution in [2.75, 3.05) is 37.8 Å². The van der Waals surface area contributed by atoms with Crippen molar-refractivity contribution >= 4 is 69.1 Å². The van der Waals surface area contributed by atoms with Crippen molar-refractivity contribution in [2.24, 2.45) is 18.2 Å². The number of aryl methyl sites for hydroxylation is 1. The second-order valence-corrected chi connectivity index (χ2v) is 18.9. The number of amides is 2. The van der Waals surface area contributed by atoms with Gasteiger partial charge in [-0.15, -0.1) is 0 Å². The molecule has 27 nitrogen and oxygen atoms in total. The number of thioether (sulfide) groups is 1. The van der Waals surface area contributed by atoms with Gasteiger partial charge in [0, 0.05) is 50.3 Å². The summed E-state index contributed by atoms with van der Waals surface area (Å²) < 4.78 is 63.9. The summed E-state index contributed by atoms with van der Waals surface area (Å²) >= 11 is 0.945. The highest BCUT2D eigenvalue weighted by atomic mass is 32.2. The molecule has 59 heavy (non-hydrogen) atoms. The Kier molecular flexibility index (Phi) is 16.5. The molecule has 2 amide bonds. The van der Waals surface area contributed by atoms with Crippen molar-refractivity contribution in [3.05, 3.63) is 30.9 Å². The van der Waals surface area contributed by atoms with Crippen molar-refractivity contribution in [1.82, 2.24) is 39.7 Å². The van der Waals surface area contributed by atoms with Gasteiger partial charge in [-0.1, -0.05) is 25.6 Å². The number of phosphoric acid groups is 3. The number of anilines is 1. The third kappa shape index (κ3) is 14.1. The molecule has 3 aromatic heterocycles. The maximum absolute atomic E-state index is 12.7. The summed E-state index contributed by atoms with van der Waals surface area (Å²) in [5.41, 5.74) is 10.8. The van der Waals surface area contributed by atoms with Crippen molar-refractivity contribution in [1.29, 1.82) is 0 Å². The Labute approximate surface area is 339 Å². The fourth-order valence-corrected chi connectivity index (χ4v) is 8.80. The van der Waals surface area contributed by atoms with Crippen LogP contribution in [0.2, 0.25) is 0 Å². The first kappa shape index (κ1) is 48.4. The zero-order chi connectivity index (χ0) is 43.9. The van der Waals surface area contributed by atoms with E-state index in [4.69, 9.17) is 25.3 Å². The molecule has 1 saturated heterocycles. The molecule has 0 radical (unpaired) electrons. The number of aromatic nitrogens is 6. The normalized spacial score (nSPS) is 21.7. The molecule has 0 bridgehead atoms. The number of rotatable bonds is 22. The highest BCUT2D eigenvalue weighted by Gasteiger charge is 2.50. The number of nitrogen functional groups attached to an aromatic ring is 1. The van der Waals surface area contributed by atoms with Gasteiger partial charge < -0.3 is 61.2 Å². The number of nitrogens with two attached hydrogens (primary N) is 2. The van der Waals surface area contributed by atoms with E-state index < -0.39 is 90.6 Å². The van der Waals surface area contributed by atoms with Crippen LogP contribution in [0.15, 0.2) is 25.2 Å². The van der Waals surface area contributed by atoms with Gasteiger partial charge in [-0.3, -0.25) is 32.5 Å². The summed E-state index contributed by atoms with van der Waals surface area (Å²) in [6, 6.07) is -0.775. The molecule has 330 valence electrons. The van der Waals surface area contributed by atoms with E-state index >= 15 is 0 Å². The topological polar surface area (TPSA) is 407 Å². The van der Waals surface area contributed by atoms with Gasteiger partial charge in [0.15, 0.2) is 17.7 Å². The van der Waals surface area contributed by atoms with Gasteiger partial charge in [0.25, 0.3) is 0 Å². The molecule has 4 heterocycles. The molecule has 0 spiro atoms. The number of aliphatic hydroxyl groups excluding tert-OH is 2. The zero-order valence-corrected chi connectivity index (χ0v) is 35.0. The molecule has 4 rings (SSSR count). The predicted molar refractivity (Wildman–Crippen MR) is 202 cm³/mol. The number of carbonyl (C=O) groups excluding carboxylic acids is 3. The minimum Gasteiger partial charge on any atom is -0.386 e. The van der Waals surface area contributed by atoms with Crippen LogP contribution < -0.4 is 22.1 Å². The Morgan fingerprint density at radius 2 is 1.73 bits per heavy atom. The number of hydrogen-bond donors (Lipinski definition) is 10. The van der Waals surface area contributed by atoms with Gasteiger partial charge in [0.05, 0.1) is 37.6 Å². The Hall–Kier alpha value is -3.27. The number of hydrogen-bond acceptors (Lipinski definition) is 20. The SMILES string of the molecule is Cn1cnc(CC(N)C(=O)SCCNC(=O)CCNC(=O)C(O)C(C)(C)COP(=O)(O)OP(=O)(O)OCC2OC(n3cnc4c(N)ncnc43)C(O)C2OP(=O)(O)O)c1. The Bertz CT molecular complexity index is 2100. The van der Waals surface area contributed by atoms with Crippen LogP contribution >= 0.6 is 35.2 Å². The summed E-state index contributed by atoms with van der Waals surface area (Å²) in [5.74, 6) is -1.28. The minimum absolute atomic E-state index is 0.0256. The second-order valence-electron chi connectivity index (χ2n) is 13.6. The summed E-state index contributed by atoms with van der Waals surface area (Å²) in [5, 5.41) is 26.1. The maximum atomic E-state index is 12.7. The molecule has 0 saturated carbocycles. The van der Waals surface area contributed by atoms with Crippen LogP contribution in [0.4, 0.5) is 5.82 Å². The van der Waals surface area contributed by atoms with Crippen LogP contribution in [0.3, 0.4) is 0 Å². The third-order valence-electron chi connectivity index (χ3n) is 8.24. The number of nitrogens with zero attached hydrogens (tertiary/aromatic N) is 6. The minimum atomic E-state index is -5.58. The lowest BCUT2D eigenvalue weighted by molar-refractivity contribution is -0.137. The molecule has 1 aliphatic heterocycles. The highest BCUT2D eigenvalue weighted by Crippen LogP contribution is 2.61. The van der Waals surface area contributed by atoms with Gasteiger partial charge in [0.2, 0.25) is 16.9 Å². The summed E-state index contributed by atoms with van der Waals surface area (Å²) in [6.45, 7) is 0.342. The van der Waals surface area contributed by atoms with Crippen molar-refractivity contribution in [2.45, 2.75) is 63.4 Å². The summed E-state index contributed by atoms with van der Waals surface area (Å²) in [4.78, 5) is 92.2. The number of aliphatic hydroxyl groups is 2. The first-order valence-corrected chi connectivity index (χ1v) is 22.7. The van der Waals surface area contributed by atoms with E-state index in [2.05, 4.69) is 39.4 Å². The molecule has 31 heteroatoms. The summed E-state index contributed by atoms with van der Waals surface area (Å²) in [6.07, 6.45) is -3.41. The molecule has 8 unspecified atom stereocenters. The molecular formula is C28H45N10O17P3S. The average Bonchev–Trinajstić information content (AvgIpc) is 3.84. The van der Waals surface area contributed by atoms with Crippen molar-refractivity contribution < 1.29 is 80.5 Å². The molecular weight excluding hydrogens is 873 g/mol. The van der Waals surface area contributed by atoms with Crippen LogP contribution in [0, 0.1) is 5.41 Å². The smallest absolute Gasteiger partial charge is 0.386 e. The van der Waals surface area contributed by atoms with E-state index in [1.54, 1.807) is 24.1 Å². The summed E-state index contributed by atoms with van der Waals surface area (Å²) in [7, 11) is -14.6. The van der Waals surface area contributed by atoms with E-state index in [-0.39, 0.29) is 53.8 Å². The number of ether oxygens (including phenoxy) is 1. The van der Waals surface area contributed by atoms with Crippen LogP contribution in [-0.4, -0.2) is 138 Å². The number of imidazole rings is 2. The Morgan fingerprint density at radius 3 is 2.39 bits per heavy atom. The first-order valence-electron chi connectivity index (χ1n) is 17.2. The third-order valence-corrected chi connectivity index (χ3v) is 12.3. The molecule has 1 aliphatic rings. The van der Waals surface area contributed by atoms with Crippen LogP contribution in [-0.2, 0) is 64.2 Å². The lowest BCUT2D eigenvalue weighted by Gasteiger charge is -2.30. The number of nitrogens with one attached hydrogen (secondary N) is 2. The molecule has 1 fully saturated rings. The van der Waals surface area contributed by atoms with Crippen molar-refractivity contribution in [3.8, 4) is 0 Å². The van der Waals surface area contributed by atoms with Crippen LogP contribution in [0.25, 0.3) is 11.2 Å². The van der Waals surface area contributed by atoms with E-state index in [9.17, 15) is 57.9 Å². The van der Waals surface area contributed by atoms with Gasteiger partial charge >= 0.3 is 23.5 Å². The Balaban J connectivity index is 1.20. The monoisotopic (exact) mass is 918 g/mol.